The Morgan fingerprint density at radius 2 is 2.17 bits per heavy atom. The molecule has 0 atom stereocenters. The highest BCUT2D eigenvalue weighted by molar-refractivity contribution is 5.80. The minimum absolute atomic E-state index is 0.274. The van der Waals surface area contributed by atoms with Crippen molar-refractivity contribution in [2.24, 2.45) is 5.92 Å². The first-order chi connectivity index (χ1) is 14.2. The van der Waals surface area contributed by atoms with Crippen molar-refractivity contribution in [3.63, 3.8) is 0 Å². The third-order valence-electron chi connectivity index (χ3n) is 5.00. The maximum atomic E-state index is 12.1. The number of likely N-dealkylation sites (tertiary alicyclic amines) is 1. The van der Waals surface area contributed by atoms with Gasteiger partial charge in [0, 0.05) is 43.9 Å². The van der Waals surface area contributed by atoms with E-state index >= 15 is 0 Å². The molecule has 1 amide bonds. The van der Waals surface area contributed by atoms with E-state index in [4.69, 9.17) is 18.4 Å². The highest BCUT2D eigenvalue weighted by Gasteiger charge is 2.25. The Bertz CT molecular complexity index is 912. The lowest BCUT2D eigenvalue weighted by atomic mass is 9.93. The number of pyridine rings is 1. The molecule has 9 nitrogen and oxygen atoms in total. The predicted octanol–water partition coefficient (Wildman–Crippen LogP) is 3.31. The van der Waals surface area contributed by atoms with Gasteiger partial charge in [0.25, 0.3) is 5.89 Å². The van der Waals surface area contributed by atoms with Gasteiger partial charge in [0.15, 0.2) is 11.6 Å². The third kappa shape index (κ3) is 4.73. The van der Waals surface area contributed by atoms with Gasteiger partial charge in [0.1, 0.15) is 12.2 Å². The van der Waals surface area contributed by atoms with Crippen LogP contribution in [0.5, 0.6) is 0 Å². The lowest BCUT2D eigenvalue weighted by Gasteiger charge is -2.30. The summed E-state index contributed by atoms with van der Waals surface area (Å²) >= 11 is 0. The van der Waals surface area contributed by atoms with Crippen LogP contribution in [0.2, 0.25) is 0 Å². The second kappa shape index (κ2) is 9.04. The number of rotatable bonds is 7. The van der Waals surface area contributed by atoms with Crippen molar-refractivity contribution in [2.45, 2.75) is 26.2 Å². The zero-order chi connectivity index (χ0) is 20.1. The smallest absolute Gasteiger partial charge is 0.409 e. The second-order valence-electron chi connectivity index (χ2n) is 6.99. The highest BCUT2D eigenvalue weighted by Crippen LogP contribution is 2.27. The largest absolute Gasteiger partial charge is 0.451 e. The molecule has 0 N–H and O–H groups in total. The maximum absolute atomic E-state index is 12.1. The second-order valence-corrected chi connectivity index (χ2v) is 6.99. The maximum Gasteiger partial charge on any atom is 0.409 e. The van der Waals surface area contributed by atoms with Crippen molar-refractivity contribution in [2.75, 3.05) is 32.9 Å². The van der Waals surface area contributed by atoms with Crippen molar-refractivity contribution in [3.05, 3.63) is 30.4 Å². The Kier molecular flexibility index (Phi) is 6.04. The van der Waals surface area contributed by atoms with E-state index in [2.05, 4.69) is 15.1 Å². The van der Waals surface area contributed by atoms with Crippen molar-refractivity contribution in [1.29, 1.82) is 0 Å². The normalized spacial score (nSPS) is 15.1. The first-order valence-corrected chi connectivity index (χ1v) is 9.89. The van der Waals surface area contributed by atoms with Gasteiger partial charge in [0.2, 0.25) is 0 Å². The summed E-state index contributed by atoms with van der Waals surface area (Å²) in [6.45, 7) is 4.58. The van der Waals surface area contributed by atoms with Crippen molar-refractivity contribution in [1.82, 2.24) is 20.0 Å². The van der Waals surface area contributed by atoms with Crippen LogP contribution >= 0.6 is 0 Å². The molecular weight excluding hydrogens is 376 g/mol. The Balaban J connectivity index is 1.27. The number of nitrogens with zero attached hydrogens (tertiary/aromatic N) is 4. The first-order valence-electron chi connectivity index (χ1n) is 9.89. The molecule has 0 bridgehead atoms. The number of carbonyl (C=O) groups is 1. The number of hydrogen-bond donors (Lipinski definition) is 0. The van der Waals surface area contributed by atoms with Gasteiger partial charge in [-0.1, -0.05) is 5.16 Å². The molecule has 1 fully saturated rings. The summed E-state index contributed by atoms with van der Waals surface area (Å²) in [7, 11) is 0. The van der Waals surface area contributed by atoms with Gasteiger partial charge in [-0.15, -0.1) is 0 Å². The number of carbonyl (C=O) groups excluding carboxylic acids is 1. The molecule has 0 unspecified atom stereocenters. The molecule has 0 spiro atoms. The molecule has 3 aromatic rings. The van der Waals surface area contributed by atoms with E-state index in [1.165, 1.54) is 0 Å². The molecule has 4 heterocycles. The van der Waals surface area contributed by atoms with Gasteiger partial charge in [-0.2, -0.15) is 4.98 Å². The lowest BCUT2D eigenvalue weighted by Crippen LogP contribution is -2.39. The SMILES string of the molecule is CCOCCOC(=O)N1CCC(Cc2noc(-c3cc4cnccc4o3)n2)CC1. The van der Waals surface area contributed by atoms with Gasteiger partial charge < -0.3 is 23.3 Å². The summed E-state index contributed by atoms with van der Waals surface area (Å²) in [6.07, 6.45) is 5.59. The number of furan rings is 1. The van der Waals surface area contributed by atoms with Gasteiger partial charge in [0.05, 0.1) is 6.61 Å². The summed E-state index contributed by atoms with van der Waals surface area (Å²) in [5.41, 5.74) is 0.732. The molecule has 29 heavy (non-hydrogen) atoms. The summed E-state index contributed by atoms with van der Waals surface area (Å²) < 4.78 is 21.5. The molecule has 1 aliphatic heterocycles. The van der Waals surface area contributed by atoms with Gasteiger partial charge in [-0.25, -0.2) is 4.79 Å². The van der Waals surface area contributed by atoms with E-state index in [-0.39, 0.29) is 12.7 Å². The third-order valence-corrected chi connectivity index (χ3v) is 5.00. The van der Waals surface area contributed by atoms with Crippen LogP contribution in [0.1, 0.15) is 25.6 Å². The molecule has 0 aliphatic carbocycles. The number of ether oxygens (including phenoxy) is 2. The van der Waals surface area contributed by atoms with Crippen LogP contribution in [0.4, 0.5) is 4.79 Å². The van der Waals surface area contributed by atoms with Crippen LogP contribution in [-0.2, 0) is 15.9 Å². The van der Waals surface area contributed by atoms with E-state index in [1.54, 1.807) is 23.4 Å². The zero-order valence-corrected chi connectivity index (χ0v) is 16.4. The number of fused-ring (bicyclic) bond motifs is 1. The van der Waals surface area contributed by atoms with Crippen LogP contribution in [-0.4, -0.2) is 59.0 Å². The Hall–Kier alpha value is -2.94. The van der Waals surface area contributed by atoms with Crippen molar-refractivity contribution < 1.29 is 23.2 Å². The summed E-state index contributed by atoms with van der Waals surface area (Å²) in [5, 5.41) is 4.98. The van der Waals surface area contributed by atoms with E-state index in [1.807, 2.05) is 13.0 Å². The number of aromatic nitrogens is 3. The number of piperidine rings is 1. The zero-order valence-electron chi connectivity index (χ0n) is 16.4. The summed E-state index contributed by atoms with van der Waals surface area (Å²) in [5.74, 6) is 1.95. The molecule has 1 saturated heterocycles. The minimum atomic E-state index is -0.274. The van der Waals surface area contributed by atoms with Crippen LogP contribution in [0.3, 0.4) is 0 Å². The van der Waals surface area contributed by atoms with Gasteiger partial charge in [-0.05, 0) is 37.8 Å². The topological polar surface area (TPSA) is 104 Å². The van der Waals surface area contributed by atoms with Gasteiger partial charge in [-0.3, -0.25) is 4.98 Å². The molecule has 1 aliphatic rings. The minimum Gasteiger partial charge on any atom is -0.451 e. The molecule has 3 aromatic heterocycles. The molecule has 0 radical (unpaired) electrons. The van der Waals surface area contributed by atoms with Crippen LogP contribution < -0.4 is 0 Å². The van der Waals surface area contributed by atoms with Gasteiger partial charge >= 0.3 is 6.09 Å². The van der Waals surface area contributed by atoms with Crippen molar-refractivity contribution in [3.8, 4) is 11.7 Å². The summed E-state index contributed by atoms with van der Waals surface area (Å²) in [6, 6.07) is 3.64. The average molecular weight is 400 g/mol. The van der Waals surface area contributed by atoms with E-state index in [0.29, 0.717) is 56.1 Å². The van der Waals surface area contributed by atoms with Crippen LogP contribution in [0.25, 0.3) is 22.6 Å². The fourth-order valence-corrected chi connectivity index (χ4v) is 3.43. The standard InChI is InChI=1S/C20H24N4O5/c1-2-26-9-10-27-20(25)24-7-4-14(5-8-24)11-18-22-19(29-23-18)17-12-15-13-21-6-3-16(15)28-17/h3,6,12-14H,2,4-5,7-11H2,1H3. The molecule has 154 valence electrons. The number of hydrogen-bond acceptors (Lipinski definition) is 8. The Labute approximate surface area is 168 Å². The van der Waals surface area contributed by atoms with E-state index < -0.39 is 0 Å². The Morgan fingerprint density at radius 1 is 1.31 bits per heavy atom. The molecule has 4 rings (SSSR count). The molecular formula is C20H24N4O5. The Morgan fingerprint density at radius 3 is 2.97 bits per heavy atom. The molecule has 0 saturated carbocycles. The highest BCUT2D eigenvalue weighted by atomic mass is 16.6. The fraction of sp³-hybridized carbons (Fsp3) is 0.500. The molecule has 0 aromatic carbocycles. The lowest BCUT2D eigenvalue weighted by molar-refractivity contribution is 0.0521. The average Bonchev–Trinajstić information content (AvgIpc) is 3.38. The first kappa shape index (κ1) is 19.4. The predicted molar refractivity (Wildman–Crippen MR) is 103 cm³/mol. The monoisotopic (exact) mass is 400 g/mol. The van der Waals surface area contributed by atoms with E-state index in [9.17, 15) is 4.79 Å². The number of amides is 1. The van der Waals surface area contributed by atoms with E-state index in [0.717, 1.165) is 23.8 Å². The van der Waals surface area contributed by atoms with Crippen LogP contribution in [0, 0.1) is 5.92 Å². The fourth-order valence-electron chi connectivity index (χ4n) is 3.43. The van der Waals surface area contributed by atoms with Crippen LogP contribution in [0.15, 0.2) is 33.5 Å². The quantitative estimate of drug-likeness (QED) is 0.557. The molecule has 9 heteroatoms. The summed E-state index contributed by atoms with van der Waals surface area (Å²) in [4.78, 5) is 22.3. The van der Waals surface area contributed by atoms with Crippen molar-refractivity contribution >= 4 is 17.1 Å².